The lowest BCUT2D eigenvalue weighted by Gasteiger charge is -2.33. The van der Waals surface area contributed by atoms with E-state index in [0.29, 0.717) is 40.9 Å². The van der Waals surface area contributed by atoms with Gasteiger partial charge in [0.15, 0.2) is 23.0 Å². The molecule has 3 heterocycles. The van der Waals surface area contributed by atoms with Crippen LogP contribution in [0.15, 0.2) is 16.6 Å². The summed E-state index contributed by atoms with van der Waals surface area (Å²) in [6.07, 6.45) is 0.200. The van der Waals surface area contributed by atoms with Crippen molar-refractivity contribution in [2.75, 3.05) is 34.7 Å². The minimum atomic E-state index is -0.562. The van der Waals surface area contributed by atoms with E-state index in [-0.39, 0.29) is 25.2 Å². The lowest BCUT2D eigenvalue weighted by Crippen LogP contribution is -2.34. The second kappa shape index (κ2) is 8.29. The Kier molecular flexibility index (Phi) is 5.85. The third-order valence-corrected chi connectivity index (χ3v) is 6.57. The van der Waals surface area contributed by atoms with Crippen LogP contribution in [0.3, 0.4) is 0 Å². The highest BCUT2D eigenvalue weighted by molar-refractivity contribution is 9.10. The molecule has 2 aromatic carbocycles. The van der Waals surface area contributed by atoms with Gasteiger partial charge in [-0.1, -0.05) is 6.07 Å². The number of cyclic esters (lactones) is 1. The van der Waals surface area contributed by atoms with E-state index in [2.05, 4.69) is 21.2 Å². The zero-order valence-electron chi connectivity index (χ0n) is 17.1. The highest BCUT2D eigenvalue weighted by Gasteiger charge is 2.45. The maximum Gasteiger partial charge on any atom is 0.343 e. The number of fused-ring (bicyclic) bond motifs is 3. The molecule has 10 heteroatoms. The van der Waals surface area contributed by atoms with E-state index in [4.69, 9.17) is 28.4 Å². The van der Waals surface area contributed by atoms with Gasteiger partial charge < -0.3 is 33.7 Å². The summed E-state index contributed by atoms with van der Waals surface area (Å²) in [6.45, 7) is 0.833. The molecule has 0 radical (unpaired) electrons. The summed E-state index contributed by atoms with van der Waals surface area (Å²) in [4.78, 5) is 12.8. The largest absolute Gasteiger partial charge is 0.493 e. The number of halogens is 2. The molecule has 3 aliphatic rings. The average Bonchev–Trinajstić information content (AvgIpc) is 3.38. The predicted octanol–water partition coefficient (Wildman–Crippen LogP) is 3.72. The van der Waals surface area contributed by atoms with Crippen LogP contribution in [0.5, 0.6) is 28.7 Å². The first kappa shape index (κ1) is 21.9. The lowest BCUT2D eigenvalue weighted by molar-refractivity contribution is 0.0281. The third-order valence-electron chi connectivity index (χ3n) is 5.73. The van der Waals surface area contributed by atoms with Crippen molar-refractivity contribution in [1.29, 1.82) is 0 Å². The smallest absolute Gasteiger partial charge is 0.343 e. The van der Waals surface area contributed by atoms with E-state index >= 15 is 0 Å². The number of nitrogens with one attached hydrogen (secondary N) is 1. The van der Waals surface area contributed by atoms with Gasteiger partial charge >= 0.3 is 5.97 Å². The number of methoxy groups -OCH3 is 3. The summed E-state index contributed by atoms with van der Waals surface area (Å²) in [5, 5.41) is 3.49. The van der Waals surface area contributed by atoms with Crippen molar-refractivity contribution in [1.82, 2.24) is 5.32 Å². The standard InChI is InChI=1S/C21H20BrNO7.ClH/c1-25-11-5-4-10-13(17(11)26-2)21(24)30-16(10)15-12-9(6-7-23-15)14(22)19-20(18(12)27-3)29-8-28-19;/h4-5,15-16,23H,6-8H2,1-3H3;1H/t15-,16+;/m1./s1. The van der Waals surface area contributed by atoms with Crippen molar-refractivity contribution < 1.29 is 33.2 Å². The van der Waals surface area contributed by atoms with Gasteiger partial charge in [0.25, 0.3) is 0 Å². The third kappa shape index (κ3) is 3.09. The molecule has 8 nitrogen and oxygen atoms in total. The van der Waals surface area contributed by atoms with Crippen LogP contribution in [0.25, 0.3) is 0 Å². The molecule has 5 rings (SSSR count). The van der Waals surface area contributed by atoms with Gasteiger partial charge in [0, 0.05) is 11.1 Å². The lowest BCUT2D eigenvalue weighted by atomic mass is 9.86. The van der Waals surface area contributed by atoms with Crippen molar-refractivity contribution in [2.24, 2.45) is 0 Å². The Labute approximate surface area is 193 Å². The molecule has 2 aromatic rings. The molecule has 0 saturated carbocycles. The second-order valence-electron chi connectivity index (χ2n) is 7.08. The van der Waals surface area contributed by atoms with Crippen LogP contribution in [0.4, 0.5) is 0 Å². The zero-order valence-corrected chi connectivity index (χ0v) is 19.5. The molecule has 0 bridgehead atoms. The second-order valence-corrected chi connectivity index (χ2v) is 7.87. The molecule has 0 saturated heterocycles. The van der Waals surface area contributed by atoms with Crippen LogP contribution < -0.4 is 29.0 Å². The van der Waals surface area contributed by atoms with Crippen LogP contribution in [-0.2, 0) is 11.2 Å². The summed E-state index contributed by atoms with van der Waals surface area (Å²) in [5.41, 5.74) is 3.05. The molecule has 0 spiro atoms. The Hall–Kier alpha value is -2.36. The number of hydrogen-bond acceptors (Lipinski definition) is 8. The van der Waals surface area contributed by atoms with E-state index in [1.54, 1.807) is 13.2 Å². The molecule has 0 aromatic heterocycles. The van der Waals surface area contributed by atoms with Gasteiger partial charge in [-0.3, -0.25) is 0 Å². The Morgan fingerprint density at radius 2 is 1.81 bits per heavy atom. The Morgan fingerprint density at radius 1 is 1.06 bits per heavy atom. The van der Waals surface area contributed by atoms with Gasteiger partial charge in [0.1, 0.15) is 11.7 Å². The van der Waals surface area contributed by atoms with Crippen molar-refractivity contribution in [3.05, 3.63) is 38.9 Å². The number of rotatable bonds is 4. The fourth-order valence-corrected chi connectivity index (χ4v) is 5.20. The van der Waals surface area contributed by atoms with Gasteiger partial charge in [0.2, 0.25) is 12.5 Å². The van der Waals surface area contributed by atoms with Crippen LogP contribution >= 0.6 is 28.3 Å². The summed E-state index contributed by atoms with van der Waals surface area (Å²) in [7, 11) is 4.64. The van der Waals surface area contributed by atoms with E-state index in [1.165, 1.54) is 14.2 Å². The molecule has 0 unspecified atom stereocenters. The van der Waals surface area contributed by atoms with E-state index in [1.807, 2.05) is 6.07 Å². The highest BCUT2D eigenvalue weighted by Crippen LogP contribution is 2.56. The fraction of sp³-hybridized carbons (Fsp3) is 0.381. The summed E-state index contributed by atoms with van der Waals surface area (Å²) >= 11 is 3.67. The van der Waals surface area contributed by atoms with Crippen molar-refractivity contribution in [3.8, 4) is 28.7 Å². The minimum Gasteiger partial charge on any atom is -0.493 e. The zero-order chi connectivity index (χ0) is 21.0. The maximum absolute atomic E-state index is 12.8. The fourth-order valence-electron chi connectivity index (χ4n) is 4.49. The predicted molar refractivity (Wildman–Crippen MR) is 116 cm³/mol. The first-order chi connectivity index (χ1) is 14.6. The Morgan fingerprint density at radius 3 is 2.52 bits per heavy atom. The molecular formula is C21H21BrClNO7. The summed E-state index contributed by atoms with van der Waals surface area (Å²) < 4.78 is 34.6. The van der Waals surface area contributed by atoms with Crippen molar-refractivity contribution in [2.45, 2.75) is 18.6 Å². The Bertz CT molecular complexity index is 1060. The van der Waals surface area contributed by atoms with E-state index < -0.39 is 12.1 Å². The van der Waals surface area contributed by atoms with Gasteiger partial charge in [-0.15, -0.1) is 12.4 Å². The number of esters is 1. The van der Waals surface area contributed by atoms with Gasteiger partial charge in [-0.25, -0.2) is 4.79 Å². The number of carbonyl (C=O) groups is 1. The number of hydrogen-bond donors (Lipinski definition) is 1. The van der Waals surface area contributed by atoms with Crippen LogP contribution in [-0.4, -0.2) is 40.6 Å². The van der Waals surface area contributed by atoms with Gasteiger partial charge in [-0.05, 0) is 40.5 Å². The van der Waals surface area contributed by atoms with E-state index in [0.717, 1.165) is 27.6 Å². The summed E-state index contributed by atoms with van der Waals surface area (Å²) in [6, 6.07) is 3.29. The number of ether oxygens (including phenoxy) is 6. The maximum atomic E-state index is 12.8. The van der Waals surface area contributed by atoms with Crippen LogP contribution in [0, 0.1) is 0 Å². The topological polar surface area (TPSA) is 84.5 Å². The highest BCUT2D eigenvalue weighted by atomic mass is 79.9. The Balaban J connectivity index is 0.00000231. The minimum absolute atomic E-state index is 0. The first-order valence-electron chi connectivity index (χ1n) is 9.47. The van der Waals surface area contributed by atoms with Crippen molar-refractivity contribution in [3.63, 3.8) is 0 Å². The molecule has 0 fully saturated rings. The molecule has 3 aliphatic heterocycles. The SMILES string of the molecule is COc1ccc2c(c1OC)C(=O)O[C@@H]2[C@@H]1NCCc2c(Br)c3c(c(OC)c21)OCO3.Cl. The monoisotopic (exact) mass is 513 g/mol. The molecule has 1 N–H and O–H groups in total. The first-order valence-corrected chi connectivity index (χ1v) is 10.3. The molecule has 0 amide bonds. The molecule has 0 aliphatic carbocycles. The quantitative estimate of drug-likeness (QED) is 0.618. The van der Waals surface area contributed by atoms with Gasteiger partial charge in [-0.2, -0.15) is 0 Å². The van der Waals surface area contributed by atoms with Crippen molar-refractivity contribution >= 4 is 34.3 Å². The van der Waals surface area contributed by atoms with Crippen LogP contribution in [0.2, 0.25) is 0 Å². The number of benzene rings is 2. The van der Waals surface area contributed by atoms with E-state index in [9.17, 15) is 4.79 Å². The van der Waals surface area contributed by atoms with Gasteiger partial charge in [0.05, 0.1) is 31.8 Å². The molecule has 2 atom stereocenters. The molecule has 166 valence electrons. The summed E-state index contributed by atoms with van der Waals surface area (Å²) in [5.74, 6) is 2.18. The molecule has 31 heavy (non-hydrogen) atoms. The molecular weight excluding hydrogens is 494 g/mol. The number of carbonyl (C=O) groups excluding carboxylic acids is 1. The van der Waals surface area contributed by atoms with Crippen LogP contribution in [0.1, 0.15) is 39.2 Å². The average molecular weight is 515 g/mol. The normalized spacial score (nSPS) is 20.3.